The molecule has 0 aromatic heterocycles. The quantitative estimate of drug-likeness (QED) is 0.670. The molecule has 0 fully saturated rings. The van der Waals surface area contributed by atoms with Gasteiger partial charge >= 0.3 is 0 Å². The van der Waals surface area contributed by atoms with Crippen LogP contribution < -0.4 is 10.6 Å². The van der Waals surface area contributed by atoms with Crippen molar-refractivity contribution in [3.05, 3.63) is 27.2 Å². The van der Waals surface area contributed by atoms with Gasteiger partial charge < -0.3 is 15.7 Å². The predicted octanol–water partition coefficient (Wildman–Crippen LogP) is 2.41. The molecule has 0 spiro atoms. The van der Waals surface area contributed by atoms with Crippen molar-refractivity contribution < 1.29 is 14.7 Å². The maximum atomic E-state index is 11.1. The van der Waals surface area contributed by atoms with Crippen LogP contribution in [0.1, 0.15) is 11.1 Å². The number of rotatable bonds is 6. The lowest BCUT2D eigenvalue weighted by Gasteiger charge is -2.13. The Morgan fingerprint density at radius 1 is 1.05 bits per heavy atom. The lowest BCUT2D eigenvalue weighted by atomic mass is 10.1. The molecule has 0 unspecified atom stereocenters. The summed E-state index contributed by atoms with van der Waals surface area (Å²) < 4.78 is 0. The summed E-state index contributed by atoms with van der Waals surface area (Å²) >= 11 is 22.8. The molecule has 0 atom stereocenters. The van der Waals surface area contributed by atoms with E-state index in [9.17, 15) is 14.7 Å². The van der Waals surface area contributed by atoms with Gasteiger partial charge in [-0.2, -0.15) is 0 Å². The fourth-order valence-electron chi connectivity index (χ4n) is 1.47. The summed E-state index contributed by atoms with van der Waals surface area (Å²) in [5.74, 6) is -1.37. The van der Waals surface area contributed by atoms with Crippen molar-refractivity contribution in [3.8, 4) is 5.75 Å². The van der Waals surface area contributed by atoms with Gasteiger partial charge in [-0.3, -0.25) is 9.59 Å². The van der Waals surface area contributed by atoms with Crippen LogP contribution in [-0.2, 0) is 22.7 Å². The Balaban J connectivity index is 2.92. The number of halogens is 4. The van der Waals surface area contributed by atoms with E-state index in [0.29, 0.717) is 11.1 Å². The molecule has 0 saturated heterocycles. The first-order valence-electron chi connectivity index (χ1n) is 5.74. The van der Waals surface area contributed by atoms with Crippen LogP contribution in [0.2, 0.25) is 10.0 Å². The number of aromatic hydroxyl groups is 1. The van der Waals surface area contributed by atoms with Gasteiger partial charge in [-0.1, -0.05) is 23.2 Å². The normalized spacial score (nSPS) is 10.3. The van der Waals surface area contributed by atoms with E-state index in [1.54, 1.807) is 0 Å². The minimum absolute atomic E-state index is 0.00694. The van der Waals surface area contributed by atoms with E-state index in [0.717, 1.165) is 0 Å². The maximum absolute atomic E-state index is 11.1. The molecule has 21 heavy (non-hydrogen) atoms. The van der Waals surface area contributed by atoms with Crippen molar-refractivity contribution in [2.45, 2.75) is 13.1 Å². The standard InChI is InChI=1S/C12H12Cl4N2O3/c13-2-9(19)17-4-6-1-8(15)7(11(16)12(6)21)5-18-10(20)3-14/h1,21H,2-5H2,(H,17,19)(H,18,20). The van der Waals surface area contributed by atoms with Crippen molar-refractivity contribution in [1.29, 1.82) is 0 Å². The fraction of sp³-hybridized carbons (Fsp3) is 0.333. The molecule has 0 bridgehead atoms. The Kier molecular flexibility index (Phi) is 7.39. The van der Waals surface area contributed by atoms with Gasteiger partial charge in [0, 0.05) is 29.2 Å². The van der Waals surface area contributed by atoms with Crippen molar-refractivity contribution in [1.82, 2.24) is 10.6 Å². The van der Waals surface area contributed by atoms with Crippen LogP contribution in [-0.4, -0.2) is 28.7 Å². The van der Waals surface area contributed by atoms with Gasteiger partial charge in [0.15, 0.2) is 0 Å². The third kappa shape index (κ3) is 5.11. The maximum Gasteiger partial charge on any atom is 0.235 e. The number of hydrogen-bond acceptors (Lipinski definition) is 3. The molecule has 0 aliphatic rings. The first-order valence-corrected chi connectivity index (χ1v) is 7.57. The monoisotopic (exact) mass is 372 g/mol. The second-order valence-corrected chi connectivity index (χ2v) is 5.30. The molecule has 0 aliphatic carbocycles. The van der Waals surface area contributed by atoms with E-state index in [4.69, 9.17) is 46.4 Å². The van der Waals surface area contributed by atoms with Gasteiger partial charge in [-0.05, 0) is 6.07 Å². The number of phenols is 1. The summed E-state index contributed by atoms with van der Waals surface area (Å²) in [7, 11) is 0. The molecule has 0 saturated carbocycles. The third-order valence-corrected chi connectivity index (χ3v) is 3.78. The van der Waals surface area contributed by atoms with E-state index >= 15 is 0 Å². The topological polar surface area (TPSA) is 78.4 Å². The van der Waals surface area contributed by atoms with Gasteiger partial charge in [0.25, 0.3) is 0 Å². The number of benzene rings is 1. The second kappa shape index (κ2) is 8.54. The highest BCUT2D eigenvalue weighted by Crippen LogP contribution is 2.36. The van der Waals surface area contributed by atoms with E-state index in [-0.39, 0.29) is 52.5 Å². The molecule has 1 rings (SSSR count). The molecule has 3 N–H and O–H groups in total. The number of phenolic OH excluding ortho intramolecular Hbond substituents is 1. The first-order chi connectivity index (χ1) is 9.90. The number of amides is 2. The molecule has 2 amide bonds. The summed E-state index contributed by atoms with van der Waals surface area (Å²) in [6.45, 7) is 0.0657. The van der Waals surface area contributed by atoms with Crippen LogP contribution in [0.4, 0.5) is 0 Å². The van der Waals surface area contributed by atoms with Crippen molar-refractivity contribution in [2.24, 2.45) is 0 Å². The fourth-order valence-corrected chi connectivity index (χ4v) is 2.29. The highest BCUT2D eigenvalue weighted by molar-refractivity contribution is 6.37. The smallest absolute Gasteiger partial charge is 0.235 e. The zero-order chi connectivity index (χ0) is 16.0. The number of hydrogen-bond donors (Lipinski definition) is 3. The second-order valence-electron chi connectivity index (χ2n) is 3.98. The SMILES string of the molecule is O=C(CCl)NCc1cc(Cl)c(CNC(=O)CCl)c(Cl)c1O. The number of alkyl halides is 2. The lowest BCUT2D eigenvalue weighted by molar-refractivity contribution is -0.119. The summed E-state index contributed by atoms with van der Waals surface area (Å²) in [5, 5.41) is 15.2. The van der Waals surface area contributed by atoms with Crippen molar-refractivity contribution in [3.63, 3.8) is 0 Å². The van der Waals surface area contributed by atoms with Crippen molar-refractivity contribution in [2.75, 3.05) is 11.8 Å². The van der Waals surface area contributed by atoms with E-state index in [1.807, 2.05) is 0 Å². The highest BCUT2D eigenvalue weighted by atomic mass is 35.5. The van der Waals surface area contributed by atoms with Crippen LogP contribution in [0.25, 0.3) is 0 Å². The summed E-state index contributed by atoms with van der Waals surface area (Å²) in [6.07, 6.45) is 0. The summed E-state index contributed by atoms with van der Waals surface area (Å²) in [5.41, 5.74) is 0.706. The lowest BCUT2D eigenvalue weighted by Crippen LogP contribution is -2.25. The molecular formula is C12H12Cl4N2O3. The number of nitrogens with one attached hydrogen (secondary N) is 2. The Morgan fingerprint density at radius 3 is 2.10 bits per heavy atom. The van der Waals surface area contributed by atoms with Crippen molar-refractivity contribution >= 4 is 58.2 Å². The molecule has 5 nitrogen and oxygen atoms in total. The van der Waals surface area contributed by atoms with Gasteiger partial charge in [-0.25, -0.2) is 0 Å². The largest absolute Gasteiger partial charge is 0.506 e. The molecule has 1 aromatic rings. The Hall–Kier alpha value is -0.880. The molecule has 0 radical (unpaired) electrons. The van der Waals surface area contributed by atoms with Crippen LogP contribution in [0, 0.1) is 0 Å². The van der Waals surface area contributed by atoms with E-state index in [2.05, 4.69) is 10.6 Å². The minimum atomic E-state index is -0.387. The number of carbonyl (C=O) groups excluding carboxylic acids is 2. The average Bonchev–Trinajstić information content (AvgIpc) is 2.48. The van der Waals surface area contributed by atoms with E-state index < -0.39 is 0 Å². The predicted molar refractivity (Wildman–Crippen MR) is 83.3 cm³/mol. The zero-order valence-corrected chi connectivity index (χ0v) is 13.7. The minimum Gasteiger partial charge on any atom is -0.506 e. The Morgan fingerprint density at radius 2 is 1.57 bits per heavy atom. The molecular weight excluding hydrogens is 362 g/mol. The van der Waals surface area contributed by atoms with Gasteiger partial charge in [-0.15, -0.1) is 23.2 Å². The number of carbonyl (C=O) groups is 2. The van der Waals surface area contributed by atoms with Gasteiger partial charge in [0.05, 0.1) is 5.02 Å². The molecule has 0 aliphatic heterocycles. The molecule has 9 heteroatoms. The highest BCUT2D eigenvalue weighted by Gasteiger charge is 2.16. The molecule has 116 valence electrons. The molecule has 1 aromatic carbocycles. The average molecular weight is 374 g/mol. The molecule has 0 heterocycles. The van der Waals surface area contributed by atoms with E-state index in [1.165, 1.54) is 6.07 Å². The van der Waals surface area contributed by atoms with Crippen LogP contribution in [0.3, 0.4) is 0 Å². The third-order valence-electron chi connectivity index (χ3n) is 2.55. The van der Waals surface area contributed by atoms with Gasteiger partial charge in [0.2, 0.25) is 11.8 Å². The van der Waals surface area contributed by atoms with Crippen LogP contribution >= 0.6 is 46.4 Å². The Labute approximate surface area is 141 Å². The zero-order valence-electron chi connectivity index (χ0n) is 10.7. The first kappa shape index (κ1) is 18.2. The van der Waals surface area contributed by atoms with Crippen LogP contribution in [0.15, 0.2) is 6.07 Å². The van der Waals surface area contributed by atoms with Crippen LogP contribution in [0.5, 0.6) is 5.75 Å². The summed E-state index contributed by atoms with van der Waals surface area (Å²) in [6, 6.07) is 1.46. The Bertz CT molecular complexity index is 552. The summed E-state index contributed by atoms with van der Waals surface area (Å²) in [4.78, 5) is 22.2. The van der Waals surface area contributed by atoms with Gasteiger partial charge in [0.1, 0.15) is 17.5 Å².